The second-order valence-corrected chi connectivity index (χ2v) is 6.19. The van der Waals surface area contributed by atoms with Crippen molar-refractivity contribution in [1.29, 1.82) is 0 Å². The molecule has 0 aromatic rings. The Bertz CT molecular complexity index is 217. The van der Waals surface area contributed by atoms with Crippen LogP contribution in [0.2, 0.25) is 0 Å². The molecule has 3 atom stereocenters. The average molecular weight is 238 g/mol. The highest BCUT2D eigenvalue weighted by atomic mass is 15.2. The first-order valence-corrected chi connectivity index (χ1v) is 7.79. The Balaban J connectivity index is 1.63. The van der Waals surface area contributed by atoms with Gasteiger partial charge in [0.05, 0.1) is 0 Å². The van der Waals surface area contributed by atoms with Gasteiger partial charge in [-0.05, 0) is 37.6 Å². The number of rotatable bonds is 6. The van der Waals surface area contributed by atoms with E-state index in [1.807, 2.05) is 0 Å². The van der Waals surface area contributed by atoms with E-state index >= 15 is 0 Å². The topological polar surface area (TPSA) is 29.3 Å². The summed E-state index contributed by atoms with van der Waals surface area (Å²) in [5, 5.41) is 0. The Hall–Kier alpha value is -0.0800. The van der Waals surface area contributed by atoms with Crippen molar-refractivity contribution in [3.05, 3.63) is 0 Å². The van der Waals surface area contributed by atoms with E-state index in [1.165, 1.54) is 71.0 Å². The number of likely N-dealkylation sites (tertiary alicyclic amines) is 1. The van der Waals surface area contributed by atoms with Gasteiger partial charge < -0.3 is 10.6 Å². The van der Waals surface area contributed by atoms with Gasteiger partial charge in [-0.3, -0.25) is 0 Å². The highest BCUT2D eigenvalue weighted by molar-refractivity contribution is 4.92. The van der Waals surface area contributed by atoms with Crippen LogP contribution < -0.4 is 5.73 Å². The van der Waals surface area contributed by atoms with Crippen molar-refractivity contribution in [2.24, 2.45) is 17.6 Å². The van der Waals surface area contributed by atoms with Crippen LogP contribution in [-0.2, 0) is 0 Å². The van der Waals surface area contributed by atoms with Crippen molar-refractivity contribution in [3.63, 3.8) is 0 Å². The maximum atomic E-state index is 6.25. The predicted octanol–water partition coefficient (Wildman–Crippen LogP) is 3.02. The van der Waals surface area contributed by atoms with Crippen LogP contribution in [-0.4, -0.2) is 30.6 Å². The summed E-state index contributed by atoms with van der Waals surface area (Å²) in [5.41, 5.74) is 6.25. The van der Waals surface area contributed by atoms with Gasteiger partial charge in [0.15, 0.2) is 0 Å². The lowest BCUT2D eigenvalue weighted by Gasteiger charge is -2.29. The van der Waals surface area contributed by atoms with Crippen LogP contribution in [0.1, 0.15) is 58.3 Å². The largest absolute Gasteiger partial charge is 0.327 e. The zero-order valence-electron chi connectivity index (χ0n) is 11.5. The van der Waals surface area contributed by atoms with Crippen LogP contribution >= 0.6 is 0 Å². The number of nitrogens with two attached hydrogens (primary N) is 1. The Kier molecular flexibility index (Phi) is 5.30. The molecule has 2 nitrogen and oxygen atoms in total. The third kappa shape index (κ3) is 3.69. The Morgan fingerprint density at radius 3 is 2.65 bits per heavy atom. The smallest absolute Gasteiger partial charge is 0.00825 e. The van der Waals surface area contributed by atoms with Crippen molar-refractivity contribution in [2.45, 2.75) is 64.3 Å². The van der Waals surface area contributed by atoms with Gasteiger partial charge in [-0.15, -0.1) is 0 Å². The molecule has 0 radical (unpaired) electrons. The minimum atomic E-state index is 0.499. The lowest BCUT2D eigenvalue weighted by molar-refractivity contribution is 0.259. The highest BCUT2D eigenvalue weighted by Gasteiger charge is 2.38. The number of nitrogens with zero attached hydrogens (tertiary/aromatic N) is 1. The quantitative estimate of drug-likeness (QED) is 0.721. The molecule has 2 aliphatic rings. The molecule has 2 N–H and O–H groups in total. The number of unbranched alkanes of at least 4 members (excludes halogenated alkanes) is 4. The molecule has 1 saturated heterocycles. The Labute approximate surface area is 107 Å². The molecule has 17 heavy (non-hydrogen) atoms. The van der Waals surface area contributed by atoms with Crippen LogP contribution in [0.5, 0.6) is 0 Å². The van der Waals surface area contributed by atoms with Crippen molar-refractivity contribution >= 4 is 0 Å². The van der Waals surface area contributed by atoms with E-state index in [0.29, 0.717) is 6.04 Å². The maximum absolute atomic E-state index is 6.25. The Morgan fingerprint density at radius 1 is 1.06 bits per heavy atom. The van der Waals surface area contributed by atoms with Crippen molar-refractivity contribution in [1.82, 2.24) is 4.90 Å². The molecule has 0 aromatic heterocycles. The summed E-state index contributed by atoms with van der Waals surface area (Å²) in [6.07, 6.45) is 11.1. The van der Waals surface area contributed by atoms with Gasteiger partial charge in [0.25, 0.3) is 0 Å². The van der Waals surface area contributed by atoms with Crippen LogP contribution in [0.25, 0.3) is 0 Å². The van der Waals surface area contributed by atoms with E-state index < -0.39 is 0 Å². The van der Waals surface area contributed by atoms with Crippen LogP contribution in [0, 0.1) is 11.8 Å². The van der Waals surface area contributed by atoms with Gasteiger partial charge in [-0.1, -0.05) is 39.0 Å². The molecule has 0 amide bonds. The van der Waals surface area contributed by atoms with Crippen molar-refractivity contribution < 1.29 is 0 Å². The molecule has 0 spiro atoms. The summed E-state index contributed by atoms with van der Waals surface area (Å²) in [7, 11) is 0. The van der Waals surface area contributed by atoms with E-state index in [4.69, 9.17) is 5.73 Å². The van der Waals surface area contributed by atoms with Crippen LogP contribution in [0.15, 0.2) is 0 Å². The fourth-order valence-electron chi connectivity index (χ4n) is 3.73. The van der Waals surface area contributed by atoms with Crippen LogP contribution in [0.3, 0.4) is 0 Å². The third-order valence-electron chi connectivity index (χ3n) is 4.81. The SMILES string of the molecule is CCCCCCCN1CC2CCCC(N)C2C1. The zero-order valence-corrected chi connectivity index (χ0v) is 11.5. The molecule has 2 heteroatoms. The molecule has 100 valence electrons. The second kappa shape index (κ2) is 6.75. The molecule has 2 fully saturated rings. The molecular weight excluding hydrogens is 208 g/mol. The molecule has 1 heterocycles. The van der Waals surface area contributed by atoms with E-state index in [1.54, 1.807) is 0 Å². The second-order valence-electron chi connectivity index (χ2n) is 6.19. The molecule has 2 rings (SSSR count). The summed E-state index contributed by atoms with van der Waals surface area (Å²) in [4.78, 5) is 2.69. The molecule has 1 aliphatic heterocycles. The standard InChI is InChI=1S/C15H30N2/c1-2-3-4-5-6-10-17-11-13-8-7-9-15(16)14(13)12-17/h13-15H,2-12,16H2,1H3. The van der Waals surface area contributed by atoms with Gasteiger partial charge in [-0.2, -0.15) is 0 Å². The molecule has 1 aliphatic carbocycles. The highest BCUT2D eigenvalue weighted by Crippen LogP contribution is 2.35. The van der Waals surface area contributed by atoms with Crippen molar-refractivity contribution in [3.8, 4) is 0 Å². The first kappa shape index (κ1) is 13.4. The van der Waals surface area contributed by atoms with E-state index in [9.17, 15) is 0 Å². The Morgan fingerprint density at radius 2 is 1.88 bits per heavy atom. The minimum Gasteiger partial charge on any atom is -0.327 e. The summed E-state index contributed by atoms with van der Waals surface area (Å²) < 4.78 is 0. The first-order valence-electron chi connectivity index (χ1n) is 7.79. The maximum Gasteiger partial charge on any atom is 0.00825 e. The molecule has 0 bridgehead atoms. The lowest BCUT2D eigenvalue weighted by atomic mass is 9.78. The first-order chi connectivity index (χ1) is 8.31. The molecular formula is C15H30N2. The molecule has 1 saturated carbocycles. The van der Waals surface area contributed by atoms with Crippen LogP contribution in [0.4, 0.5) is 0 Å². The number of hydrogen-bond donors (Lipinski definition) is 1. The van der Waals surface area contributed by atoms with Gasteiger partial charge in [-0.25, -0.2) is 0 Å². The monoisotopic (exact) mass is 238 g/mol. The van der Waals surface area contributed by atoms with Crippen molar-refractivity contribution in [2.75, 3.05) is 19.6 Å². The van der Waals surface area contributed by atoms with E-state index in [-0.39, 0.29) is 0 Å². The lowest BCUT2D eigenvalue weighted by Crippen LogP contribution is -2.38. The summed E-state index contributed by atoms with van der Waals surface area (Å²) in [6.45, 7) is 6.24. The summed E-state index contributed by atoms with van der Waals surface area (Å²) in [6, 6.07) is 0.499. The average Bonchev–Trinajstić information content (AvgIpc) is 2.73. The molecule has 0 aromatic carbocycles. The summed E-state index contributed by atoms with van der Waals surface area (Å²) in [5.74, 6) is 1.74. The van der Waals surface area contributed by atoms with E-state index in [2.05, 4.69) is 11.8 Å². The minimum absolute atomic E-state index is 0.499. The molecule has 3 unspecified atom stereocenters. The normalized spacial score (nSPS) is 33.9. The fourth-order valence-corrected chi connectivity index (χ4v) is 3.73. The fraction of sp³-hybridized carbons (Fsp3) is 1.00. The number of hydrogen-bond acceptors (Lipinski definition) is 2. The van der Waals surface area contributed by atoms with E-state index in [0.717, 1.165) is 11.8 Å². The van der Waals surface area contributed by atoms with Gasteiger partial charge in [0, 0.05) is 19.1 Å². The van der Waals surface area contributed by atoms with Gasteiger partial charge in [0.2, 0.25) is 0 Å². The zero-order chi connectivity index (χ0) is 12.1. The summed E-state index contributed by atoms with van der Waals surface area (Å²) >= 11 is 0. The third-order valence-corrected chi connectivity index (χ3v) is 4.81. The number of fused-ring (bicyclic) bond motifs is 1. The van der Waals surface area contributed by atoms with Gasteiger partial charge in [0.1, 0.15) is 0 Å². The predicted molar refractivity (Wildman–Crippen MR) is 74.0 cm³/mol. The van der Waals surface area contributed by atoms with Gasteiger partial charge >= 0.3 is 0 Å².